The monoisotopic (exact) mass is 308 g/mol. The summed E-state index contributed by atoms with van der Waals surface area (Å²) >= 11 is 3.36. The molecule has 0 atom stereocenters. The lowest BCUT2D eigenvalue weighted by atomic mass is 10.1. The van der Waals surface area contributed by atoms with Gasteiger partial charge in [-0.3, -0.25) is 10.1 Å². The summed E-state index contributed by atoms with van der Waals surface area (Å²) in [5.74, 6) is 0.339. The van der Waals surface area contributed by atoms with E-state index in [0.717, 1.165) is 4.47 Å². The molecule has 0 saturated carbocycles. The maximum Gasteiger partial charge on any atom is 0.313 e. The van der Waals surface area contributed by atoms with E-state index >= 15 is 0 Å². The van der Waals surface area contributed by atoms with Crippen LogP contribution in [0.4, 0.5) is 11.6 Å². The molecule has 2 aromatic rings. The van der Waals surface area contributed by atoms with Crippen molar-refractivity contribution in [2.75, 3.05) is 12.4 Å². The summed E-state index contributed by atoms with van der Waals surface area (Å²) in [6.45, 7) is 0. The average Bonchev–Trinajstić information content (AvgIpc) is 2.38. The van der Waals surface area contributed by atoms with E-state index in [1.165, 1.54) is 6.20 Å². The van der Waals surface area contributed by atoms with Crippen molar-refractivity contribution in [1.29, 1.82) is 0 Å². The standard InChI is InChI=1S/C11H9BrN4O2/c1-13-11-14-6-9(16(17)18)10(15-11)7-4-2-3-5-8(7)12/h2-6H,1H3,(H,13,14,15). The number of anilines is 1. The normalized spacial score (nSPS) is 10.1. The van der Waals surface area contributed by atoms with Crippen molar-refractivity contribution in [2.24, 2.45) is 0 Å². The predicted octanol–water partition coefficient (Wildman–Crippen LogP) is 2.86. The molecule has 0 bridgehead atoms. The van der Waals surface area contributed by atoms with Gasteiger partial charge in [-0.2, -0.15) is 0 Å². The van der Waals surface area contributed by atoms with Gasteiger partial charge in [-0.1, -0.05) is 34.1 Å². The SMILES string of the molecule is CNc1ncc([N+](=O)[O-])c(-c2ccccc2Br)n1. The lowest BCUT2D eigenvalue weighted by Gasteiger charge is -2.06. The van der Waals surface area contributed by atoms with Gasteiger partial charge >= 0.3 is 5.69 Å². The number of benzene rings is 1. The van der Waals surface area contributed by atoms with Gasteiger partial charge in [0.25, 0.3) is 0 Å². The molecule has 0 saturated heterocycles. The van der Waals surface area contributed by atoms with E-state index in [1.807, 2.05) is 6.07 Å². The second kappa shape index (κ2) is 5.09. The minimum absolute atomic E-state index is 0.124. The molecule has 0 amide bonds. The summed E-state index contributed by atoms with van der Waals surface area (Å²) in [4.78, 5) is 18.5. The Morgan fingerprint density at radius 2 is 2.11 bits per heavy atom. The summed E-state index contributed by atoms with van der Waals surface area (Å²) in [6.07, 6.45) is 1.20. The lowest BCUT2D eigenvalue weighted by Crippen LogP contribution is -2.01. The first-order valence-electron chi connectivity index (χ1n) is 5.07. The van der Waals surface area contributed by atoms with Crippen LogP contribution >= 0.6 is 15.9 Å². The molecule has 18 heavy (non-hydrogen) atoms. The summed E-state index contributed by atoms with van der Waals surface area (Å²) in [6, 6.07) is 7.20. The van der Waals surface area contributed by atoms with Crippen LogP contribution in [0.3, 0.4) is 0 Å². The van der Waals surface area contributed by atoms with Crippen LogP contribution in [0.5, 0.6) is 0 Å². The van der Waals surface area contributed by atoms with Crippen LogP contribution in [0, 0.1) is 10.1 Å². The van der Waals surface area contributed by atoms with Gasteiger partial charge in [0.05, 0.1) is 4.92 Å². The van der Waals surface area contributed by atoms with E-state index in [4.69, 9.17) is 0 Å². The molecule has 1 aromatic carbocycles. The highest BCUT2D eigenvalue weighted by molar-refractivity contribution is 9.10. The van der Waals surface area contributed by atoms with Crippen molar-refractivity contribution >= 4 is 27.6 Å². The molecule has 7 heteroatoms. The summed E-state index contributed by atoms with van der Waals surface area (Å²) < 4.78 is 0.744. The van der Waals surface area contributed by atoms with Gasteiger partial charge in [-0.15, -0.1) is 0 Å². The Morgan fingerprint density at radius 1 is 1.39 bits per heavy atom. The maximum absolute atomic E-state index is 11.0. The number of aromatic nitrogens is 2. The van der Waals surface area contributed by atoms with Gasteiger partial charge < -0.3 is 5.32 Å². The Bertz CT molecular complexity index is 603. The molecular formula is C11H9BrN4O2. The molecule has 0 radical (unpaired) electrons. The number of hydrogen-bond donors (Lipinski definition) is 1. The van der Waals surface area contributed by atoms with E-state index in [0.29, 0.717) is 11.5 Å². The first-order valence-corrected chi connectivity index (χ1v) is 5.87. The van der Waals surface area contributed by atoms with Crippen molar-refractivity contribution < 1.29 is 4.92 Å². The first-order chi connectivity index (χ1) is 8.63. The number of nitrogens with zero attached hydrogens (tertiary/aromatic N) is 3. The summed E-state index contributed by atoms with van der Waals surface area (Å²) in [5.41, 5.74) is 0.816. The van der Waals surface area contributed by atoms with Crippen LogP contribution in [-0.2, 0) is 0 Å². The molecule has 1 heterocycles. The van der Waals surface area contributed by atoms with Gasteiger partial charge in [-0.05, 0) is 6.07 Å². The number of hydrogen-bond acceptors (Lipinski definition) is 5. The van der Waals surface area contributed by atoms with Crippen LogP contribution in [0.2, 0.25) is 0 Å². The number of nitrogens with one attached hydrogen (secondary N) is 1. The highest BCUT2D eigenvalue weighted by Gasteiger charge is 2.20. The predicted molar refractivity (Wildman–Crippen MR) is 71.4 cm³/mol. The van der Waals surface area contributed by atoms with Gasteiger partial charge in [0, 0.05) is 17.1 Å². The van der Waals surface area contributed by atoms with Crippen molar-refractivity contribution in [3.8, 4) is 11.3 Å². The smallest absolute Gasteiger partial charge is 0.313 e. The number of rotatable bonds is 3. The highest BCUT2D eigenvalue weighted by atomic mass is 79.9. The van der Waals surface area contributed by atoms with Crippen molar-refractivity contribution in [3.05, 3.63) is 45.0 Å². The molecule has 0 aliphatic carbocycles. The Hall–Kier alpha value is -2.02. The van der Waals surface area contributed by atoms with Crippen molar-refractivity contribution in [3.63, 3.8) is 0 Å². The molecule has 1 N–H and O–H groups in total. The van der Waals surface area contributed by atoms with E-state index in [2.05, 4.69) is 31.2 Å². The van der Waals surface area contributed by atoms with Crippen molar-refractivity contribution in [1.82, 2.24) is 9.97 Å². The number of halogens is 1. The zero-order chi connectivity index (χ0) is 13.1. The Morgan fingerprint density at radius 3 is 2.72 bits per heavy atom. The molecule has 92 valence electrons. The number of nitro groups is 1. The molecule has 0 spiro atoms. The van der Waals surface area contributed by atoms with Crippen LogP contribution in [0.25, 0.3) is 11.3 Å². The van der Waals surface area contributed by atoms with E-state index in [-0.39, 0.29) is 11.4 Å². The van der Waals surface area contributed by atoms with Gasteiger partial charge in [-0.25, -0.2) is 9.97 Å². The second-order valence-electron chi connectivity index (χ2n) is 3.41. The molecule has 0 fully saturated rings. The Labute approximate surface area is 111 Å². The van der Waals surface area contributed by atoms with Gasteiger partial charge in [0.2, 0.25) is 5.95 Å². The minimum Gasteiger partial charge on any atom is -0.357 e. The minimum atomic E-state index is -0.492. The molecule has 2 rings (SSSR count). The largest absolute Gasteiger partial charge is 0.357 e. The van der Waals surface area contributed by atoms with Crippen LogP contribution in [-0.4, -0.2) is 21.9 Å². The lowest BCUT2D eigenvalue weighted by molar-refractivity contribution is -0.384. The molecule has 1 aromatic heterocycles. The van der Waals surface area contributed by atoms with E-state index in [1.54, 1.807) is 25.2 Å². The zero-order valence-electron chi connectivity index (χ0n) is 9.42. The third kappa shape index (κ3) is 2.30. The van der Waals surface area contributed by atoms with Crippen molar-refractivity contribution in [2.45, 2.75) is 0 Å². The quantitative estimate of drug-likeness (QED) is 0.696. The molecule has 6 nitrogen and oxygen atoms in total. The second-order valence-corrected chi connectivity index (χ2v) is 4.27. The molecule has 0 aliphatic rings. The fraction of sp³-hybridized carbons (Fsp3) is 0.0909. The van der Waals surface area contributed by atoms with Crippen LogP contribution in [0.1, 0.15) is 0 Å². The highest BCUT2D eigenvalue weighted by Crippen LogP contribution is 2.33. The molecule has 0 unspecified atom stereocenters. The molecular weight excluding hydrogens is 300 g/mol. The Kier molecular flexibility index (Phi) is 3.52. The van der Waals surface area contributed by atoms with E-state index in [9.17, 15) is 10.1 Å². The van der Waals surface area contributed by atoms with Crippen LogP contribution < -0.4 is 5.32 Å². The first kappa shape index (κ1) is 12.4. The average molecular weight is 309 g/mol. The fourth-order valence-electron chi connectivity index (χ4n) is 1.48. The van der Waals surface area contributed by atoms with Gasteiger partial charge in [0.15, 0.2) is 5.69 Å². The van der Waals surface area contributed by atoms with Gasteiger partial charge in [0.1, 0.15) is 6.20 Å². The van der Waals surface area contributed by atoms with E-state index < -0.39 is 4.92 Å². The zero-order valence-corrected chi connectivity index (χ0v) is 11.0. The van der Waals surface area contributed by atoms with Crippen LogP contribution in [0.15, 0.2) is 34.9 Å². The molecule has 0 aliphatic heterocycles. The topological polar surface area (TPSA) is 81.0 Å². The summed E-state index contributed by atoms with van der Waals surface area (Å²) in [7, 11) is 1.66. The Balaban J connectivity index is 2.68. The fourth-order valence-corrected chi connectivity index (χ4v) is 1.95. The third-order valence-electron chi connectivity index (χ3n) is 2.32. The summed E-state index contributed by atoms with van der Waals surface area (Å²) in [5, 5.41) is 13.8. The third-order valence-corrected chi connectivity index (χ3v) is 3.01. The maximum atomic E-state index is 11.0.